The summed E-state index contributed by atoms with van der Waals surface area (Å²) in [7, 11) is 0. The fourth-order valence-corrected chi connectivity index (χ4v) is 2.63. The molecule has 2 rings (SSSR count). The number of aromatic hydroxyl groups is 1. The molecule has 5 nitrogen and oxygen atoms in total. The Kier molecular flexibility index (Phi) is 6.45. The monoisotopic (exact) mass is 420 g/mol. The van der Waals surface area contributed by atoms with Gasteiger partial charge in [-0.15, -0.1) is 0 Å². The Morgan fingerprint density at radius 2 is 2.16 bits per heavy atom. The van der Waals surface area contributed by atoms with E-state index in [0.29, 0.717) is 27.4 Å². The summed E-state index contributed by atoms with van der Waals surface area (Å²) < 4.78 is 5.84. The predicted molar refractivity (Wildman–Crippen MR) is 101 cm³/mol. The van der Waals surface area contributed by atoms with Gasteiger partial charge in [0.15, 0.2) is 11.5 Å². The van der Waals surface area contributed by atoms with Gasteiger partial charge in [0, 0.05) is 4.47 Å². The lowest BCUT2D eigenvalue weighted by Gasteiger charge is -2.09. The smallest absolute Gasteiger partial charge is 0.266 e. The molecule has 0 heterocycles. The molecule has 0 unspecified atom stereocenters. The molecule has 0 saturated heterocycles. The summed E-state index contributed by atoms with van der Waals surface area (Å²) >= 11 is 9.30. The van der Waals surface area contributed by atoms with Crippen LogP contribution in [-0.4, -0.2) is 17.6 Å². The van der Waals surface area contributed by atoms with Crippen LogP contribution in [0.15, 0.2) is 46.4 Å². The van der Waals surface area contributed by atoms with Crippen LogP contribution < -0.4 is 10.1 Å². The molecule has 0 aliphatic carbocycles. The fraction of sp³-hybridized carbons (Fsp3) is 0.111. The molecule has 25 heavy (non-hydrogen) atoms. The van der Waals surface area contributed by atoms with Gasteiger partial charge in [-0.1, -0.05) is 39.7 Å². The third kappa shape index (κ3) is 4.75. The molecular formula is C18H14BrClN2O3. The minimum Gasteiger partial charge on any atom is -0.504 e. The number of nitrogens with one attached hydrogen (secondary N) is 1. The second-order valence-electron chi connectivity index (χ2n) is 4.88. The number of hydrogen-bond acceptors (Lipinski definition) is 4. The lowest BCUT2D eigenvalue weighted by atomic mass is 10.1. The van der Waals surface area contributed by atoms with E-state index in [9.17, 15) is 15.2 Å². The lowest BCUT2D eigenvalue weighted by molar-refractivity contribution is -0.112. The number of rotatable bonds is 5. The van der Waals surface area contributed by atoms with Crippen LogP contribution in [0.4, 0.5) is 5.69 Å². The van der Waals surface area contributed by atoms with Crippen molar-refractivity contribution in [3.05, 3.63) is 57.0 Å². The third-order valence-corrected chi connectivity index (χ3v) is 4.18. The van der Waals surface area contributed by atoms with Gasteiger partial charge >= 0.3 is 0 Å². The Hall–Kier alpha value is -2.49. The maximum atomic E-state index is 12.3. The van der Waals surface area contributed by atoms with E-state index in [0.717, 1.165) is 0 Å². The number of anilines is 1. The minimum atomic E-state index is -0.589. The zero-order valence-corrected chi connectivity index (χ0v) is 15.6. The van der Waals surface area contributed by atoms with Crippen LogP contribution in [0.3, 0.4) is 0 Å². The van der Waals surface area contributed by atoms with Gasteiger partial charge in [-0.05, 0) is 42.8 Å². The van der Waals surface area contributed by atoms with E-state index in [-0.39, 0.29) is 17.1 Å². The summed E-state index contributed by atoms with van der Waals surface area (Å²) in [5.41, 5.74) is 0.816. The third-order valence-electron chi connectivity index (χ3n) is 3.17. The molecule has 2 N–H and O–H groups in total. The first-order valence-corrected chi connectivity index (χ1v) is 8.46. The van der Waals surface area contributed by atoms with E-state index in [4.69, 9.17) is 16.3 Å². The van der Waals surface area contributed by atoms with Crippen molar-refractivity contribution in [1.29, 1.82) is 5.26 Å². The van der Waals surface area contributed by atoms with Crippen molar-refractivity contribution in [3.63, 3.8) is 0 Å². The number of hydrogen-bond donors (Lipinski definition) is 2. The summed E-state index contributed by atoms with van der Waals surface area (Å²) in [4.78, 5) is 12.3. The van der Waals surface area contributed by atoms with Crippen molar-refractivity contribution in [2.45, 2.75) is 6.92 Å². The lowest BCUT2D eigenvalue weighted by Crippen LogP contribution is -2.13. The Morgan fingerprint density at radius 3 is 2.80 bits per heavy atom. The molecule has 0 radical (unpaired) electrons. The number of amides is 1. The first-order chi connectivity index (χ1) is 12.0. The van der Waals surface area contributed by atoms with Crippen LogP contribution in [0.1, 0.15) is 12.5 Å². The van der Waals surface area contributed by atoms with Crippen LogP contribution >= 0.6 is 27.5 Å². The second-order valence-corrected chi connectivity index (χ2v) is 6.14. The van der Waals surface area contributed by atoms with Crippen molar-refractivity contribution in [1.82, 2.24) is 0 Å². The summed E-state index contributed by atoms with van der Waals surface area (Å²) in [6.45, 7) is 2.16. The van der Waals surface area contributed by atoms with Crippen LogP contribution in [0, 0.1) is 11.3 Å². The Morgan fingerprint density at radius 1 is 1.44 bits per heavy atom. The van der Waals surface area contributed by atoms with Crippen molar-refractivity contribution < 1.29 is 14.6 Å². The molecule has 0 spiro atoms. The number of halogens is 2. The molecule has 0 saturated carbocycles. The molecular weight excluding hydrogens is 408 g/mol. The highest BCUT2D eigenvalue weighted by atomic mass is 79.9. The van der Waals surface area contributed by atoms with E-state index in [1.54, 1.807) is 37.3 Å². The van der Waals surface area contributed by atoms with Gasteiger partial charge in [0.2, 0.25) is 0 Å². The Bertz CT molecular complexity index is 875. The first kappa shape index (κ1) is 18.8. The van der Waals surface area contributed by atoms with E-state index >= 15 is 0 Å². The highest BCUT2D eigenvalue weighted by Gasteiger charge is 2.14. The highest BCUT2D eigenvalue weighted by Crippen LogP contribution is 2.34. The molecule has 0 aromatic heterocycles. The minimum absolute atomic E-state index is 0.0371. The number of nitriles is 1. The Balaban J connectivity index is 2.34. The van der Waals surface area contributed by atoms with Crippen LogP contribution in [-0.2, 0) is 4.79 Å². The highest BCUT2D eigenvalue weighted by molar-refractivity contribution is 9.10. The largest absolute Gasteiger partial charge is 0.504 e. The average Bonchev–Trinajstić information content (AvgIpc) is 2.58. The van der Waals surface area contributed by atoms with Crippen molar-refractivity contribution in [2.24, 2.45) is 0 Å². The average molecular weight is 422 g/mol. The number of phenols is 1. The molecule has 2 aromatic rings. The first-order valence-electron chi connectivity index (χ1n) is 7.29. The molecule has 0 atom stereocenters. The second kappa shape index (κ2) is 8.56. The molecule has 0 bridgehead atoms. The van der Waals surface area contributed by atoms with Gasteiger partial charge in [0.1, 0.15) is 11.6 Å². The molecule has 0 aliphatic heterocycles. The van der Waals surface area contributed by atoms with Gasteiger partial charge in [-0.2, -0.15) is 5.26 Å². The molecule has 7 heteroatoms. The maximum absolute atomic E-state index is 12.3. The predicted octanol–water partition coefficient (Wildman–Crippen LogP) is 4.75. The number of nitrogens with zero attached hydrogens (tertiary/aromatic N) is 1. The number of ether oxygens (including phenoxy) is 1. The standard InChI is InChI=1S/C18H14BrClN2O3/c1-2-25-17-8-11(13(19)9-16(17)23)7-12(10-21)18(24)22-15-6-4-3-5-14(15)20/h3-9,23H,2H2,1H3,(H,22,24)/b12-7+. The molecule has 0 aliphatic rings. The number of carbonyl (C=O) groups is 1. The topological polar surface area (TPSA) is 82.3 Å². The summed E-state index contributed by atoms with van der Waals surface area (Å²) in [5.74, 6) is -0.362. The number of para-hydroxylation sites is 1. The molecule has 2 aromatic carbocycles. The van der Waals surface area contributed by atoms with E-state index in [1.165, 1.54) is 12.1 Å². The van der Waals surface area contributed by atoms with Crippen molar-refractivity contribution >= 4 is 45.2 Å². The van der Waals surface area contributed by atoms with Crippen LogP contribution in [0.2, 0.25) is 5.02 Å². The van der Waals surface area contributed by atoms with Gasteiger partial charge in [-0.25, -0.2) is 0 Å². The normalized spacial score (nSPS) is 10.9. The molecule has 0 fully saturated rings. The maximum Gasteiger partial charge on any atom is 0.266 e. The van der Waals surface area contributed by atoms with Gasteiger partial charge in [-0.3, -0.25) is 4.79 Å². The van der Waals surface area contributed by atoms with Crippen molar-refractivity contribution in [2.75, 3.05) is 11.9 Å². The summed E-state index contributed by atoms with van der Waals surface area (Å²) in [6, 6.07) is 11.6. The van der Waals surface area contributed by atoms with Crippen molar-refractivity contribution in [3.8, 4) is 17.6 Å². The SMILES string of the molecule is CCOc1cc(/C=C(\C#N)C(=O)Nc2ccccc2Cl)c(Br)cc1O. The Labute approximate surface area is 158 Å². The quantitative estimate of drug-likeness (QED) is 0.539. The number of benzene rings is 2. The fourth-order valence-electron chi connectivity index (χ4n) is 2.00. The van der Waals surface area contributed by atoms with Crippen LogP contribution in [0.5, 0.6) is 11.5 Å². The van der Waals surface area contributed by atoms with E-state index in [1.807, 2.05) is 6.07 Å². The molecule has 1 amide bonds. The number of carbonyl (C=O) groups excluding carboxylic acids is 1. The summed E-state index contributed by atoms with van der Waals surface area (Å²) in [5, 5.41) is 22.1. The van der Waals surface area contributed by atoms with E-state index in [2.05, 4.69) is 21.2 Å². The zero-order chi connectivity index (χ0) is 18.4. The molecule has 128 valence electrons. The summed E-state index contributed by atoms with van der Waals surface area (Å²) in [6.07, 6.45) is 1.40. The zero-order valence-electron chi connectivity index (χ0n) is 13.2. The van der Waals surface area contributed by atoms with Gasteiger partial charge in [0.05, 0.1) is 17.3 Å². The van der Waals surface area contributed by atoms with Gasteiger partial charge < -0.3 is 15.2 Å². The number of phenolic OH excluding ortho intramolecular Hbond substituents is 1. The van der Waals surface area contributed by atoms with Crippen LogP contribution in [0.25, 0.3) is 6.08 Å². The van der Waals surface area contributed by atoms with Gasteiger partial charge in [0.25, 0.3) is 5.91 Å². The van der Waals surface area contributed by atoms with E-state index < -0.39 is 5.91 Å².